The molecule has 0 spiro atoms. The molecule has 1 unspecified atom stereocenters. The van der Waals surface area contributed by atoms with Gasteiger partial charge in [0.1, 0.15) is 0 Å². The van der Waals surface area contributed by atoms with E-state index < -0.39 is 11.9 Å². The van der Waals surface area contributed by atoms with Crippen LogP contribution in [0.15, 0.2) is 28.7 Å². The van der Waals surface area contributed by atoms with Gasteiger partial charge in [0, 0.05) is 23.1 Å². The lowest BCUT2D eigenvalue weighted by molar-refractivity contribution is -0.141. The predicted octanol–water partition coefficient (Wildman–Crippen LogP) is 2.42. The normalized spacial score (nSPS) is 18.3. The number of carboxylic acid groups (broad SMARTS) is 1. The van der Waals surface area contributed by atoms with Crippen molar-refractivity contribution in [2.24, 2.45) is 5.92 Å². The van der Waals surface area contributed by atoms with Gasteiger partial charge in [-0.25, -0.2) is 0 Å². The van der Waals surface area contributed by atoms with Crippen LogP contribution in [0, 0.1) is 5.92 Å². The first-order valence-corrected chi connectivity index (χ1v) is 6.15. The molecule has 1 amide bonds. The van der Waals surface area contributed by atoms with Gasteiger partial charge in [-0.05, 0) is 24.6 Å². The highest BCUT2D eigenvalue weighted by Gasteiger charge is 2.31. The van der Waals surface area contributed by atoms with Gasteiger partial charge >= 0.3 is 5.97 Å². The summed E-state index contributed by atoms with van der Waals surface area (Å²) >= 11 is 3.31. The second kappa shape index (κ2) is 6.20. The van der Waals surface area contributed by atoms with Crippen molar-refractivity contribution in [3.05, 3.63) is 34.3 Å². The van der Waals surface area contributed by atoms with Crippen molar-refractivity contribution in [2.75, 3.05) is 13.1 Å². The summed E-state index contributed by atoms with van der Waals surface area (Å²) in [5.74, 6) is -1.35. The van der Waals surface area contributed by atoms with E-state index in [1.54, 1.807) is 23.1 Å². The first kappa shape index (κ1) is 15.0. The van der Waals surface area contributed by atoms with Crippen molar-refractivity contribution in [3.8, 4) is 0 Å². The number of rotatable bonds is 2. The Labute approximate surface area is 120 Å². The summed E-state index contributed by atoms with van der Waals surface area (Å²) in [5, 5.41) is 8.88. The van der Waals surface area contributed by atoms with Crippen molar-refractivity contribution in [1.82, 2.24) is 4.90 Å². The summed E-state index contributed by atoms with van der Waals surface area (Å²) < 4.78 is 0.845. The summed E-state index contributed by atoms with van der Waals surface area (Å²) in [6.07, 6.45) is 0.537. The molecule has 1 heterocycles. The molecule has 98 valence electrons. The molecule has 2 rings (SSSR count). The highest BCUT2D eigenvalue weighted by Crippen LogP contribution is 2.20. The Balaban J connectivity index is 0.00000162. The molecule has 1 N–H and O–H groups in total. The molecule has 1 fully saturated rings. The molecule has 0 saturated carbocycles. The number of aliphatic carboxylic acids is 1. The smallest absolute Gasteiger partial charge is 0.308 e. The Kier molecular flexibility index (Phi) is 5.16. The van der Waals surface area contributed by atoms with Gasteiger partial charge in [0.15, 0.2) is 0 Å². The third-order valence-electron chi connectivity index (χ3n) is 2.90. The average molecular weight is 335 g/mol. The second-order valence-electron chi connectivity index (χ2n) is 4.09. The molecule has 1 aromatic carbocycles. The number of carbonyl (C=O) groups is 2. The SMILES string of the molecule is Cl.O=C(O)C1CCN(C(=O)c2cccc(Br)c2)C1. The molecule has 1 saturated heterocycles. The zero-order valence-corrected chi connectivity index (χ0v) is 11.9. The van der Waals surface area contributed by atoms with E-state index in [9.17, 15) is 9.59 Å². The van der Waals surface area contributed by atoms with Crippen LogP contribution in [-0.4, -0.2) is 35.0 Å². The number of carboxylic acids is 1. The summed E-state index contributed by atoms with van der Waals surface area (Å²) in [5.41, 5.74) is 0.588. The molecule has 0 aromatic heterocycles. The molecule has 4 nitrogen and oxygen atoms in total. The van der Waals surface area contributed by atoms with Crippen LogP contribution in [0.1, 0.15) is 16.8 Å². The fourth-order valence-electron chi connectivity index (χ4n) is 1.95. The molecule has 1 aromatic rings. The van der Waals surface area contributed by atoms with Gasteiger partial charge in [0.2, 0.25) is 0 Å². The van der Waals surface area contributed by atoms with E-state index >= 15 is 0 Å². The number of nitrogens with zero attached hydrogens (tertiary/aromatic N) is 1. The third-order valence-corrected chi connectivity index (χ3v) is 3.39. The Morgan fingerprint density at radius 3 is 2.67 bits per heavy atom. The Morgan fingerprint density at radius 1 is 1.39 bits per heavy atom. The summed E-state index contributed by atoms with van der Waals surface area (Å²) in [6, 6.07) is 7.13. The molecule has 0 bridgehead atoms. The van der Waals surface area contributed by atoms with Crippen molar-refractivity contribution in [1.29, 1.82) is 0 Å². The maximum atomic E-state index is 12.1. The van der Waals surface area contributed by atoms with Crippen molar-refractivity contribution < 1.29 is 14.7 Å². The third kappa shape index (κ3) is 3.23. The van der Waals surface area contributed by atoms with Gasteiger partial charge in [-0.15, -0.1) is 12.4 Å². The predicted molar refractivity (Wildman–Crippen MR) is 73.0 cm³/mol. The van der Waals surface area contributed by atoms with Gasteiger partial charge in [-0.3, -0.25) is 9.59 Å². The van der Waals surface area contributed by atoms with Crippen LogP contribution in [0.5, 0.6) is 0 Å². The van der Waals surface area contributed by atoms with Crippen LogP contribution in [0.3, 0.4) is 0 Å². The van der Waals surface area contributed by atoms with E-state index in [0.29, 0.717) is 25.1 Å². The lowest BCUT2D eigenvalue weighted by Crippen LogP contribution is -2.29. The molecule has 6 heteroatoms. The number of likely N-dealkylation sites (tertiary alicyclic amines) is 1. The van der Waals surface area contributed by atoms with Crippen molar-refractivity contribution >= 4 is 40.2 Å². The minimum absolute atomic E-state index is 0. The first-order valence-electron chi connectivity index (χ1n) is 5.35. The number of hydrogen-bond donors (Lipinski definition) is 1. The zero-order chi connectivity index (χ0) is 12.4. The molecule has 0 radical (unpaired) electrons. The minimum Gasteiger partial charge on any atom is -0.481 e. The summed E-state index contributed by atoms with van der Waals surface area (Å²) in [4.78, 5) is 24.5. The van der Waals surface area contributed by atoms with Gasteiger partial charge in [0.05, 0.1) is 5.92 Å². The Morgan fingerprint density at radius 2 is 2.11 bits per heavy atom. The molecule has 1 aliphatic rings. The Hall–Kier alpha value is -1.07. The standard InChI is InChI=1S/C12H12BrNO3.ClH/c13-10-3-1-2-8(6-10)11(15)14-5-4-9(7-14)12(16)17;/h1-3,6,9H,4-5,7H2,(H,16,17);1H. The van der Waals surface area contributed by atoms with Crippen molar-refractivity contribution in [3.63, 3.8) is 0 Å². The fourth-order valence-corrected chi connectivity index (χ4v) is 2.35. The highest BCUT2D eigenvalue weighted by molar-refractivity contribution is 9.10. The number of benzene rings is 1. The number of halogens is 2. The largest absolute Gasteiger partial charge is 0.481 e. The zero-order valence-electron chi connectivity index (χ0n) is 9.51. The van der Waals surface area contributed by atoms with Crippen LogP contribution < -0.4 is 0 Å². The van der Waals surface area contributed by atoms with Gasteiger partial charge in [-0.1, -0.05) is 22.0 Å². The lowest BCUT2D eigenvalue weighted by atomic mass is 10.1. The van der Waals surface area contributed by atoms with Crippen LogP contribution in [0.2, 0.25) is 0 Å². The van der Waals surface area contributed by atoms with Gasteiger partial charge in [-0.2, -0.15) is 0 Å². The molecular formula is C12H13BrClNO3. The van der Waals surface area contributed by atoms with Crippen LogP contribution in [0.4, 0.5) is 0 Å². The number of hydrogen-bond acceptors (Lipinski definition) is 2. The van der Waals surface area contributed by atoms with E-state index in [1.165, 1.54) is 0 Å². The van der Waals surface area contributed by atoms with Crippen LogP contribution >= 0.6 is 28.3 Å². The van der Waals surface area contributed by atoms with Gasteiger partial charge < -0.3 is 10.0 Å². The van der Waals surface area contributed by atoms with Crippen LogP contribution in [0.25, 0.3) is 0 Å². The maximum Gasteiger partial charge on any atom is 0.308 e. The summed E-state index contributed by atoms with van der Waals surface area (Å²) in [7, 11) is 0. The van der Waals surface area contributed by atoms with E-state index in [0.717, 1.165) is 4.47 Å². The van der Waals surface area contributed by atoms with E-state index in [-0.39, 0.29) is 18.3 Å². The van der Waals surface area contributed by atoms with E-state index in [1.807, 2.05) is 6.07 Å². The monoisotopic (exact) mass is 333 g/mol. The second-order valence-corrected chi connectivity index (χ2v) is 5.00. The van der Waals surface area contributed by atoms with Crippen molar-refractivity contribution in [2.45, 2.75) is 6.42 Å². The number of carbonyl (C=O) groups excluding carboxylic acids is 1. The Bertz CT molecular complexity index is 466. The van der Waals surface area contributed by atoms with E-state index in [4.69, 9.17) is 5.11 Å². The van der Waals surface area contributed by atoms with E-state index in [2.05, 4.69) is 15.9 Å². The molecule has 1 aliphatic heterocycles. The molecule has 18 heavy (non-hydrogen) atoms. The summed E-state index contributed by atoms with van der Waals surface area (Å²) in [6.45, 7) is 0.822. The lowest BCUT2D eigenvalue weighted by Gasteiger charge is -2.15. The number of amides is 1. The van der Waals surface area contributed by atoms with Gasteiger partial charge in [0.25, 0.3) is 5.91 Å². The molecule has 1 atom stereocenters. The first-order chi connectivity index (χ1) is 8.08. The maximum absolute atomic E-state index is 12.1. The topological polar surface area (TPSA) is 57.6 Å². The highest BCUT2D eigenvalue weighted by atomic mass is 79.9. The molecular weight excluding hydrogens is 321 g/mol. The molecule has 0 aliphatic carbocycles. The average Bonchev–Trinajstić information content (AvgIpc) is 2.77. The minimum atomic E-state index is -0.824. The quantitative estimate of drug-likeness (QED) is 0.903. The van der Waals surface area contributed by atoms with Crippen LogP contribution in [-0.2, 0) is 4.79 Å². The fraction of sp³-hybridized carbons (Fsp3) is 0.333.